The fourth-order valence-electron chi connectivity index (χ4n) is 4.22. The Hall–Kier alpha value is -3.86. The lowest BCUT2D eigenvalue weighted by Crippen LogP contribution is -2.39. The van der Waals surface area contributed by atoms with E-state index < -0.39 is 23.6 Å². The number of likely N-dealkylation sites (N-methyl/N-ethyl adjacent to an activating group) is 1. The summed E-state index contributed by atoms with van der Waals surface area (Å²) < 4.78 is 45.8. The van der Waals surface area contributed by atoms with Crippen LogP contribution in [0.4, 0.5) is 30.2 Å². The standard InChI is InChI=1S/C26H28F3N5O3/c1-15-6-7-19(13-22(15)32-25(36)23-9-16(2)37-33-23)31-24(35)17-10-18(26(27,28)29)12-21(11-17)30-20-5-4-8-34(3)14-20/h6-7,9-13,20,30H,4-5,8,14H2,1-3H3,(H,31,35)(H,32,36). The number of hydrogen-bond acceptors (Lipinski definition) is 6. The first-order valence-corrected chi connectivity index (χ1v) is 11.8. The van der Waals surface area contributed by atoms with Gasteiger partial charge in [0.25, 0.3) is 11.8 Å². The molecule has 1 unspecified atom stereocenters. The molecule has 2 heterocycles. The van der Waals surface area contributed by atoms with Gasteiger partial charge in [0.2, 0.25) is 0 Å². The Morgan fingerprint density at radius 2 is 1.81 bits per heavy atom. The SMILES string of the molecule is Cc1cc(C(=O)Nc2cc(NC(=O)c3cc(NC4CCCN(C)C4)cc(C(F)(F)F)c3)ccc2C)no1. The van der Waals surface area contributed by atoms with Crippen molar-refractivity contribution in [3.8, 4) is 0 Å². The fraction of sp³-hybridized carbons (Fsp3) is 0.346. The van der Waals surface area contributed by atoms with Crippen LogP contribution >= 0.6 is 0 Å². The zero-order chi connectivity index (χ0) is 26.7. The number of nitrogens with one attached hydrogen (secondary N) is 3. The van der Waals surface area contributed by atoms with E-state index in [1.54, 1.807) is 26.0 Å². The highest BCUT2D eigenvalue weighted by atomic mass is 19.4. The van der Waals surface area contributed by atoms with Crippen LogP contribution in [-0.4, -0.2) is 48.0 Å². The van der Waals surface area contributed by atoms with Gasteiger partial charge in [-0.2, -0.15) is 13.2 Å². The van der Waals surface area contributed by atoms with Gasteiger partial charge in [-0.3, -0.25) is 9.59 Å². The van der Waals surface area contributed by atoms with E-state index in [2.05, 4.69) is 26.0 Å². The lowest BCUT2D eigenvalue weighted by molar-refractivity contribution is -0.137. The van der Waals surface area contributed by atoms with Crippen LogP contribution in [0.3, 0.4) is 0 Å². The largest absolute Gasteiger partial charge is 0.416 e. The molecule has 1 fully saturated rings. The number of halogens is 3. The molecule has 0 radical (unpaired) electrons. The van der Waals surface area contributed by atoms with Crippen LogP contribution in [0.5, 0.6) is 0 Å². The average molecular weight is 516 g/mol. The molecule has 1 aromatic heterocycles. The van der Waals surface area contributed by atoms with Crippen molar-refractivity contribution in [3.63, 3.8) is 0 Å². The van der Waals surface area contributed by atoms with Gasteiger partial charge in [-0.25, -0.2) is 0 Å². The molecule has 2 amide bonds. The molecule has 1 aliphatic rings. The molecule has 1 aliphatic heterocycles. The normalized spacial score (nSPS) is 16.3. The number of aromatic nitrogens is 1. The Labute approximate surface area is 212 Å². The first kappa shape index (κ1) is 26.2. The Morgan fingerprint density at radius 1 is 1.03 bits per heavy atom. The number of likely N-dealkylation sites (tertiary alicyclic amines) is 1. The minimum Gasteiger partial charge on any atom is -0.381 e. The number of aryl methyl sites for hydroxylation is 2. The monoisotopic (exact) mass is 515 g/mol. The van der Waals surface area contributed by atoms with Crippen LogP contribution in [0.25, 0.3) is 0 Å². The van der Waals surface area contributed by atoms with Gasteiger partial charge in [-0.15, -0.1) is 0 Å². The van der Waals surface area contributed by atoms with Gasteiger partial charge in [0.1, 0.15) is 5.76 Å². The van der Waals surface area contributed by atoms with E-state index in [1.807, 2.05) is 7.05 Å². The van der Waals surface area contributed by atoms with Crippen molar-refractivity contribution in [1.82, 2.24) is 10.1 Å². The number of piperidine rings is 1. The molecule has 0 saturated carbocycles. The second-order valence-corrected chi connectivity index (χ2v) is 9.30. The topological polar surface area (TPSA) is 99.5 Å². The number of amides is 2. The van der Waals surface area contributed by atoms with Gasteiger partial charge in [-0.1, -0.05) is 11.2 Å². The maximum atomic E-state index is 13.6. The summed E-state index contributed by atoms with van der Waals surface area (Å²) in [7, 11) is 1.96. The number of benzene rings is 2. The molecule has 37 heavy (non-hydrogen) atoms. The molecule has 3 N–H and O–H groups in total. The Bertz CT molecular complexity index is 1300. The minimum atomic E-state index is -4.61. The first-order valence-electron chi connectivity index (χ1n) is 11.8. The van der Waals surface area contributed by atoms with Gasteiger partial charge in [-0.05, 0) is 76.2 Å². The number of carbonyl (C=O) groups excluding carboxylic acids is 2. The van der Waals surface area contributed by atoms with Crippen LogP contribution < -0.4 is 16.0 Å². The number of anilines is 3. The molecular weight excluding hydrogens is 487 g/mol. The van der Waals surface area contributed by atoms with E-state index in [0.29, 0.717) is 23.7 Å². The number of rotatable bonds is 6. The molecule has 1 saturated heterocycles. The summed E-state index contributed by atoms with van der Waals surface area (Å²) in [5, 5.41) is 12.2. The summed E-state index contributed by atoms with van der Waals surface area (Å²) in [6.45, 7) is 5.06. The average Bonchev–Trinajstić information content (AvgIpc) is 3.27. The van der Waals surface area contributed by atoms with Crippen molar-refractivity contribution in [3.05, 3.63) is 70.6 Å². The number of carbonyl (C=O) groups is 2. The van der Waals surface area contributed by atoms with Gasteiger partial charge >= 0.3 is 6.18 Å². The quantitative estimate of drug-likeness (QED) is 0.411. The highest BCUT2D eigenvalue weighted by Gasteiger charge is 2.32. The van der Waals surface area contributed by atoms with E-state index >= 15 is 0 Å². The Balaban J connectivity index is 1.54. The molecule has 4 rings (SSSR count). The Morgan fingerprint density at radius 3 is 2.49 bits per heavy atom. The molecule has 1 atom stereocenters. The predicted octanol–water partition coefficient (Wildman–Crippen LogP) is 5.32. The second-order valence-electron chi connectivity index (χ2n) is 9.30. The van der Waals surface area contributed by atoms with Crippen molar-refractivity contribution in [1.29, 1.82) is 0 Å². The number of alkyl halides is 3. The molecule has 196 valence electrons. The molecule has 11 heteroatoms. The first-order chi connectivity index (χ1) is 17.5. The van der Waals surface area contributed by atoms with Crippen molar-refractivity contribution < 1.29 is 27.3 Å². The van der Waals surface area contributed by atoms with E-state index in [4.69, 9.17) is 4.52 Å². The van der Waals surface area contributed by atoms with E-state index in [9.17, 15) is 22.8 Å². The third kappa shape index (κ3) is 6.67. The third-order valence-electron chi connectivity index (χ3n) is 6.12. The fourth-order valence-corrected chi connectivity index (χ4v) is 4.22. The minimum absolute atomic E-state index is 0.0186. The van der Waals surface area contributed by atoms with Crippen LogP contribution in [-0.2, 0) is 6.18 Å². The van der Waals surface area contributed by atoms with Crippen LogP contribution in [0, 0.1) is 13.8 Å². The summed E-state index contributed by atoms with van der Waals surface area (Å²) in [6, 6.07) is 9.56. The van der Waals surface area contributed by atoms with Crippen molar-refractivity contribution in [2.45, 2.75) is 38.9 Å². The molecule has 3 aromatic rings. The Kier molecular flexibility index (Phi) is 7.53. The molecule has 0 spiro atoms. The van der Waals surface area contributed by atoms with Crippen molar-refractivity contribution in [2.24, 2.45) is 0 Å². The summed E-state index contributed by atoms with van der Waals surface area (Å²) in [4.78, 5) is 27.6. The smallest absolute Gasteiger partial charge is 0.381 e. The molecule has 2 aromatic carbocycles. The number of nitrogens with zero attached hydrogens (tertiary/aromatic N) is 2. The summed E-state index contributed by atoms with van der Waals surface area (Å²) in [5.41, 5.74) is 0.728. The molecular formula is C26H28F3N5O3. The van der Waals surface area contributed by atoms with Crippen LogP contribution in [0.1, 0.15) is 50.6 Å². The summed E-state index contributed by atoms with van der Waals surface area (Å²) in [6.07, 6.45) is -2.85. The second kappa shape index (κ2) is 10.6. The van der Waals surface area contributed by atoms with Gasteiger partial charge in [0, 0.05) is 41.3 Å². The van der Waals surface area contributed by atoms with Gasteiger partial charge in [0.15, 0.2) is 5.69 Å². The molecule has 0 aliphatic carbocycles. The lowest BCUT2D eigenvalue weighted by Gasteiger charge is -2.31. The van der Waals surface area contributed by atoms with Crippen molar-refractivity contribution >= 4 is 28.9 Å². The number of hydrogen-bond donors (Lipinski definition) is 3. The highest BCUT2D eigenvalue weighted by Crippen LogP contribution is 2.33. The zero-order valence-corrected chi connectivity index (χ0v) is 20.7. The van der Waals surface area contributed by atoms with Gasteiger partial charge < -0.3 is 25.4 Å². The summed E-state index contributed by atoms with van der Waals surface area (Å²) >= 11 is 0. The van der Waals surface area contributed by atoms with E-state index in [1.165, 1.54) is 18.2 Å². The van der Waals surface area contributed by atoms with Crippen LogP contribution in [0.2, 0.25) is 0 Å². The zero-order valence-electron chi connectivity index (χ0n) is 20.7. The summed E-state index contributed by atoms with van der Waals surface area (Å²) in [5.74, 6) is -0.720. The lowest BCUT2D eigenvalue weighted by atomic mass is 10.0. The predicted molar refractivity (Wildman–Crippen MR) is 134 cm³/mol. The molecule has 0 bridgehead atoms. The van der Waals surface area contributed by atoms with E-state index in [-0.39, 0.29) is 23.0 Å². The molecule has 8 nitrogen and oxygen atoms in total. The highest BCUT2D eigenvalue weighted by molar-refractivity contribution is 6.06. The van der Waals surface area contributed by atoms with E-state index in [0.717, 1.165) is 37.1 Å². The van der Waals surface area contributed by atoms with Gasteiger partial charge in [0.05, 0.1) is 5.56 Å². The maximum absolute atomic E-state index is 13.6. The maximum Gasteiger partial charge on any atom is 0.416 e. The third-order valence-corrected chi connectivity index (χ3v) is 6.12. The van der Waals surface area contributed by atoms with Crippen LogP contribution in [0.15, 0.2) is 47.0 Å². The van der Waals surface area contributed by atoms with Crippen molar-refractivity contribution in [2.75, 3.05) is 36.1 Å².